The lowest BCUT2D eigenvalue weighted by molar-refractivity contribution is -0.155. The van der Waals surface area contributed by atoms with Gasteiger partial charge >= 0.3 is 5.97 Å². The zero-order valence-electron chi connectivity index (χ0n) is 17.1. The molecule has 0 saturated carbocycles. The minimum absolute atomic E-state index is 0.152. The van der Waals surface area contributed by atoms with Gasteiger partial charge in [0.15, 0.2) is 6.10 Å². The highest BCUT2D eigenvalue weighted by Gasteiger charge is 2.27. The fraction of sp³-hybridized carbons (Fsp3) is 0.286. The fourth-order valence-electron chi connectivity index (χ4n) is 2.53. The molecular formula is C21H20Cl4N2O4S. The molecule has 0 radical (unpaired) electrons. The van der Waals surface area contributed by atoms with Crippen molar-refractivity contribution in [1.82, 2.24) is 5.32 Å². The number of benzene rings is 2. The summed E-state index contributed by atoms with van der Waals surface area (Å²) in [6, 6.07) is 8.02. The number of amides is 2. The third kappa shape index (κ3) is 7.74. The summed E-state index contributed by atoms with van der Waals surface area (Å²) < 4.78 is 5.30. The smallest absolute Gasteiger partial charge is 0.329 e. The molecule has 0 bridgehead atoms. The van der Waals surface area contributed by atoms with E-state index in [9.17, 15) is 14.4 Å². The monoisotopic (exact) mass is 536 g/mol. The molecule has 0 spiro atoms. The first-order chi connectivity index (χ1) is 15.1. The van der Waals surface area contributed by atoms with Gasteiger partial charge < -0.3 is 15.4 Å². The number of anilines is 1. The lowest BCUT2D eigenvalue weighted by atomic mass is 10.1. The van der Waals surface area contributed by atoms with Crippen molar-refractivity contribution in [2.24, 2.45) is 0 Å². The van der Waals surface area contributed by atoms with E-state index in [1.54, 1.807) is 6.07 Å². The Morgan fingerprint density at radius 1 is 1.00 bits per heavy atom. The molecule has 0 saturated heterocycles. The van der Waals surface area contributed by atoms with Gasteiger partial charge in [-0.15, -0.1) is 0 Å². The van der Waals surface area contributed by atoms with Gasteiger partial charge in [-0.05, 0) is 61.8 Å². The molecule has 2 aromatic carbocycles. The lowest BCUT2D eigenvalue weighted by Crippen LogP contribution is -2.44. The molecule has 2 rings (SSSR count). The van der Waals surface area contributed by atoms with Crippen LogP contribution in [0.4, 0.5) is 5.69 Å². The number of hydrogen-bond donors (Lipinski definition) is 2. The number of hydrogen-bond acceptors (Lipinski definition) is 5. The van der Waals surface area contributed by atoms with Crippen LogP contribution in [0, 0.1) is 0 Å². The fourth-order valence-corrected chi connectivity index (χ4v) is 3.95. The highest BCUT2D eigenvalue weighted by atomic mass is 35.5. The molecule has 0 aromatic heterocycles. The van der Waals surface area contributed by atoms with E-state index in [2.05, 4.69) is 10.6 Å². The van der Waals surface area contributed by atoms with Crippen LogP contribution in [0.25, 0.3) is 0 Å². The van der Waals surface area contributed by atoms with Crippen molar-refractivity contribution in [1.29, 1.82) is 0 Å². The summed E-state index contributed by atoms with van der Waals surface area (Å²) in [5, 5.41) is 6.39. The Balaban J connectivity index is 2.05. The number of ether oxygens (including phenoxy) is 1. The van der Waals surface area contributed by atoms with Crippen molar-refractivity contribution in [3.63, 3.8) is 0 Å². The summed E-state index contributed by atoms with van der Waals surface area (Å²) in [6.45, 7) is 1.42. The summed E-state index contributed by atoms with van der Waals surface area (Å²) in [6.07, 6.45) is 1.03. The molecule has 0 aliphatic heterocycles. The molecule has 0 aliphatic carbocycles. The topological polar surface area (TPSA) is 84.5 Å². The van der Waals surface area contributed by atoms with Gasteiger partial charge in [-0.2, -0.15) is 11.8 Å². The predicted molar refractivity (Wildman–Crippen MR) is 131 cm³/mol. The summed E-state index contributed by atoms with van der Waals surface area (Å²) in [4.78, 5) is 37.8. The number of thioether (sulfide) groups is 1. The van der Waals surface area contributed by atoms with Crippen LogP contribution in [0.15, 0.2) is 36.4 Å². The van der Waals surface area contributed by atoms with Crippen LogP contribution in [-0.4, -0.2) is 41.9 Å². The molecule has 2 N–H and O–H groups in total. The van der Waals surface area contributed by atoms with Gasteiger partial charge in [-0.25, -0.2) is 4.79 Å². The van der Waals surface area contributed by atoms with Crippen molar-refractivity contribution in [2.45, 2.75) is 25.5 Å². The summed E-state index contributed by atoms with van der Waals surface area (Å²) in [7, 11) is 0. The number of esters is 1. The second-order valence-electron chi connectivity index (χ2n) is 6.62. The molecule has 0 fully saturated rings. The first-order valence-corrected chi connectivity index (χ1v) is 12.2. The number of halogens is 4. The molecule has 11 heteroatoms. The zero-order valence-corrected chi connectivity index (χ0v) is 20.9. The first-order valence-electron chi connectivity index (χ1n) is 9.33. The van der Waals surface area contributed by atoms with Gasteiger partial charge in [-0.3, -0.25) is 9.59 Å². The van der Waals surface area contributed by atoms with Crippen molar-refractivity contribution in [3.05, 3.63) is 62.1 Å². The van der Waals surface area contributed by atoms with Crippen LogP contribution < -0.4 is 10.6 Å². The SMILES string of the molecule is CSCCC(NC(=O)c1ccc(Cl)cc1Cl)C(=O)OC(C)C(=O)Nc1ccc(Cl)cc1Cl. The Hall–Kier alpha value is -1.64. The molecule has 2 amide bonds. The Morgan fingerprint density at radius 2 is 1.62 bits per heavy atom. The van der Waals surface area contributed by atoms with Gasteiger partial charge in [0.05, 0.1) is 21.3 Å². The Morgan fingerprint density at radius 3 is 2.22 bits per heavy atom. The van der Waals surface area contributed by atoms with Crippen molar-refractivity contribution < 1.29 is 19.1 Å². The van der Waals surface area contributed by atoms with E-state index in [1.807, 2.05) is 6.26 Å². The molecule has 32 heavy (non-hydrogen) atoms. The lowest BCUT2D eigenvalue weighted by Gasteiger charge is -2.20. The maximum Gasteiger partial charge on any atom is 0.329 e. The summed E-state index contributed by atoms with van der Waals surface area (Å²) in [5.74, 6) is -1.31. The van der Waals surface area contributed by atoms with Crippen LogP contribution in [-0.2, 0) is 14.3 Å². The van der Waals surface area contributed by atoms with E-state index in [0.717, 1.165) is 0 Å². The third-order valence-corrected chi connectivity index (χ3v) is 5.97. The van der Waals surface area contributed by atoms with Gasteiger partial charge in [0.1, 0.15) is 6.04 Å². The molecule has 2 unspecified atom stereocenters. The maximum absolute atomic E-state index is 12.7. The van der Waals surface area contributed by atoms with Crippen molar-refractivity contribution >= 4 is 81.6 Å². The summed E-state index contributed by atoms with van der Waals surface area (Å²) in [5.41, 5.74) is 0.495. The largest absolute Gasteiger partial charge is 0.451 e. The van der Waals surface area contributed by atoms with E-state index in [-0.39, 0.29) is 15.6 Å². The van der Waals surface area contributed by atoms with Crippen LogP contribution in [0.1, 0.15) is 23.7 Å². The van der Waals surface area contributed by atoms with Crippen LogP contribution in [0.3, 0.4) is 0 Å². The predicted octanol–water partition coefficient (Wildman–Crippen LogP) is 5.72. The molecule has 0 aliphatic rings. The van der Waals surface area contributed by atoms with Gasteiger partial charge in [-0.1, -0.05) is 46.4 Å². The number of carbonyl (C=O) groups excluding carboxylic acids is 3. The maximum atomic E-state index is 12.7. The standard InChI is InChI=1S/C21H20Cl4N2O4S/c1-11(19(28)26-17-6-4-13(23)10-16(17)25)31-21(30)18(7-8-32-2)27-20(29)14-5-3-12(22)9-15(14)24/h3-6,9-11,18H,7-8H2,1-2H3,(H,26,28)(H,27,29). The van der Waals surface area contributed by atoms with E-state index >= 15 is 0 Å². The number of carbonyl (C=O) groups is 3. The van der Waals surface area contributed by atoms with Gasteiger partial charge in [0.25, 0.3) is 11.8 Å². The molecular weight excluding hydrogens is 518 g/mol. The zero-order chi connectivity index (χ0) is 23.8. The van der Waals surface area contributed by atoms with Crippen LogP contribution >= 0.6 is 58.2 Å². The van der Waals surface area contributed by atoms with Crippen LogP contribution in [0.2, 0.25) is 20.1 Å². The first kappa shape index (κ1) is 26.6. The van der Waals surface area contributed by atoms with E-state index in [0.29, 0.717) is 27.9 Å². The number of nitrogens with one attached hydrogen (secondary N) is 2. The third-order valence-electron chi connectivity index (χ3n) is 4.23. The average Bonchev–Trinajstić information content (AvgIpc) is 2.72. The van der Waals surface area contributed by atoms with E-state index < -0.39 is 29.9 Å². The van der Waals surface area contributed by atoms with Crippen molar-refractivity contribution in [2.75, 3.05) is 17.3 Å². The second kappa shape index (κ2) is 12.6. The van der Waals surface area contributed by atoms with Crippen molar-refractivity contribution in [3.8, 4) is 0 Å². The van der Waals surface area contributed by atoms with Gasteiger partial charge in [0, 0.05) is 10.0 Å². The van der Waals surface area contributed by atoms with Gasteiger partial charge in [0.2, 0.25) is 0 Å². The quantitative estimate of drug-likeness (QED) is 0.399. The highest BCUT2D eigenvalue weighted by molar-refractivity contribution is 7.98. The second-order valence-corrected chi connectivity index (χ2v) is 9.30. The molecule has 0 heterocycles. The number of rotatable bonds is 9. The minimum Gasteiger partial charge on any atom is -0.451 e. The molecule has 2 atom stereocenters. The minimum atomic E-state index is -1.14. The molecule has 2 aromatic rings. The molecule has 172 valence electrons. The molecule has 6 nitrogen and oxygen atoms in total. The summed E-state index contributed by atoms with van der Waals surface area (Å²) >= 11 is 25.3. The Kier molecular flexibility index (Phi) is 10.4. The average molecular weight is 538 g/mol. The Bertz CT molecular complexity index is 1010. The van der Waals surface area contributed by atoms with E-state index in [1.165, 1.54) is 49.0 Å². The van der Waals surface area contributed by atoms with E-state index in [4.69, 9.17) is 51.1 Å². The normalized spacial score (nSPS) is 12.6. The Labute approximate surface area is 210 Å². The highest BCUT2D eigenvalue weighted by Crippen LogP contribution is 2.25. The van der Waals surface area contributed by atoms with Crippen LogP contribution in [0.5, 0.6) is 0 Å².